The summed E-state index contributed by atoms with van der Waals surface area (Å²) in [6.07, 6.45) is -0.163. The maximum atomic E-state index is 12.3. The minimum absolute atomic E-state index is 0.0673. The molecule has 0 heterocycles. The molecule has 0 fully saturated rings. The van der Waals surface area contributed by atoms with Gasteiger partial charge in [-0.25, -0.2) is 0 Å². The number of anilines is 1. The van der Waals surface area contributed by atoms with Crippen molar-refractivity contribution < 1.29 is 23.0 Å². The van der Waals surface area contributed by atoms with Gasteiger partial charge in [0.1, 0.15) is 6.61 Å². The van der Waals surface area contributed by atoms with Gasteiger partial charge >= 0.3 is 6.18 Å². The highest BCUT2D eigenvalue weighted by atomic mass is 19.4. The molecule has 1 unspecified atom stereocenters. The number of terminal acetylenes is 1. The van der Waals surface area contributed by atoms with E-state index in [1.807, 2.05) is 0 Å². The fourth-order valence-corrected chi connectivity index (χ4v) is 1.33. The molecule has 3 nitrogen and oxygen atoms in total. The van der Waals surface area contributed by atoms with E-state index in [-0.39, 0.29) is 19.8 Å². The number of ether oxygens (including phenoxy) is 1. The van der Waals surface area contributed by atoms with Crippen LogP contribution in [0.4, 0.5) is 18.9 Å². The first-order chi connectivity index (χ1) is 8.93. The first kappa shape index (κ1) is 15.3. The number of rotatable bonds is 6. The van der Waals surface area contributed by atoms with Gasteiger partial charge in [0.2, 0.25) is 0 Å². The van der Waals surface area contributed by atoms with E-state index in [1.165, 1.54) is 12.1 Å². The second kappa shape index (κ2) is 7.02. The molecular formula is C13H14F3NO2. The summed E-state index contributed by atoms with van der Waals surface area (Å²) in [6.45, 7) is 0.338. The van der Waals surface area contributed by atoms with Crippen LogP contribution >= 0.6 is 0 Å². The van der Waals surface area contributed by atoms with Gasteiger partial charge in [-0.3, -0.25) is 0 Å². The van der Waals surface area contributed by atoms with Gasteiger partial charge in [0.25, 0.3) is 0 Å². The van der Waals surface area contributed by atoms with Gasteiger partial charge in [-0.15, -0.1) is 6.42 Å². The molecule has 0 aliphatic rings. The van der Waals surface area contributed by atoms with E-state index in [0.717, 1.165) is 12.1 Å². The summed E-state index contributed by atoms with van der Waals surface area (Å²) >= 11 is 0. The molecule has 1 atom stereocenters. The minimum Gasteiger partial charge on any atom is -0.389 e. The molecule has 0 spiro atoms. The third-order valence-corrected chi connectivity index (χ3v) is 2.25. The van der Waals surface area contributed by atoms with Crippen LogP contribution in [0.15, 0.2) is 24.3 Å². The normalized spacial score (nSPS) is 12.8. The average Bonchev–Trinajstić information content (AvgIpc) is 2.36. The Morgan fingerprint density at radius 2 is 1.95 bits per heavy atom. The maximum Gasteiger partial charge on any atom is 0.416 e. The average molecular weight is 273 g/mol. The summed E-state index contributed by atoms with van der Waals surface area (Å²) in [6, 6.07) is 4.56. The van der Waals surface area contributed by atoms with E-state index in [2.05, 4.69) is 11.2 Å². The van der Waals surface area contributed by atoms with Crippen molar-refractivity contribution in [2.75, 3.05) is 25.1 Å². The number of hydrogen-bond acceptors (Lipinski definition) is 3. The largest absolute Gasteiger partial charge is 0.416 e. The van der Waals surface area contributed by atoms with Crippen molar-refractivity contribution in [2.24, 2.45) is 0 Å². The number of benzene rings is 1. The predicted molar refractivity (Wildman–Crippen MR) is 65.6 cm³/mol. The molecule has 0 aromatic heterocycles. The third-order valence-electron chi connectivity index (χ3n) is 2.25. The number of alkyl halides is 3. The van der Waals surface area contributed by atoms with Crippen LogP contribution in [0.2, 0.25) is 0 Å². The quantitative estimate of drug-likeness (QED) is 0.616. The molecule has 2 N–H and O–H groups in total. The molecule has 0 amide bonds. The molecule has 1 rings (SSSR count). The monoisotopic (exact) mass is 273 g/mol. The van der Waals surface area contributed by atoms with Gasteiger partial charge in [0.05, 0.1) is 18.3 Å². The van der Waals surface area contributed by atoms with Crippen LogP contribution in [0, 0.1) is 12.3 Å². The number of nitrogens with one attached hydrogen (secondary N) is 1. The van der Waals surface area contributed by atoms with Crippen LogP contribution < -0.4 is 5.32 Å². The summed E-state index contributed by atoms with van der Waals surface area (Å²) in [5.41, 5.74) is -0.222. The smallest absolute Gasteiger partial charge is 0.389 e. The summed E-state index contributed by atoms with van der Waals surface area (Å²) in [5.74, 6) is 2.26. The van der Waals surface area contributed by atoms with Crippen molar-refractivity contribution >= 4 is 5.69 Å². The Hall–Kier alpha value is -1.71. The lowest BCUT2D eigenvalue weighted by Crippen LogP contribution is -2.25. The molecule has 19 heavy (non-hydrogen) atoms. The van der Waals surface area contributed by atoms with Crippen molar-refractivity contribution in [3.8, 4) is 12.3 Å². The molecule has 6 heteroatoms. The zero-order valence-electron chi connectivity index (χ0n) is 10.1. The fourth-order valence-electron chi connectivity index (χ4n) is 1.33. The summed E-state index contributed by atoms with van der Waals surface area (Å²) in [4.78, 5) is 0. The Labute approximate surface area is 109 Å². The Bertz CT molecular complexity index is 423. The topological polar surface area (TPSA) is 41.5 Å². The highest BCUT2D eigenvalue weighted by molar-refractivity contribution is 5.45. The molecule has 0 radical (unpaired) electrons. The van der Waals surface area contributed by atoms with Gasteiger partial charge in [0.15, 0.2) is 0 Å². The first-order valence-electron chi connectivity index (χ1n) is 5.54. The lowest BCUT2D eigenvalue weighted by Gasteiger charge is -2.13. The third kappa shape index (κ3) is 5.64. The number of aliphatic hydroxyl groups is 1. The van der Waals surface area contributed by atoms with E-state index in [9.17, 15) is 18.3 Å². The lowest BCUT2D eigenvalue weighted by atomic mass is 10.2. The Balaban J connectivity index is 2.40. The number of halogens is 3. The van der Waals surface area contributed by atoms with Gasteiger partial charge in [-0.05, 0) is 24.3 Å². The van der Waals surface area contributed by atoms with Crippen molar-refractivity contribution in [1.82, 2.24) is 0 Å². The maximum absolute atomic E-state index is 12.3. The first-order valence-corrected chi connectivity index (χ1v) is 5.54. The Kier molecular flexibility index (Phi) is 5.67. The summed E-state index contributed by atoms with van der Waals surface area (Å²) < 4.78 is 41.9. The zero-order chi connectivity index (χ0) is 14.3. The molecule has 104 valence electrons. The second-order valence-electron chi connectivity index (χ2n) is 3.83. The number of hydrogen-bond donors (Lipinski definition) is 2. The van der Waals surface area contributed by atoms with Crippen LogP contribution in [0.25, 0.3) is 0 Å². The van der Waals surface area contributed by atoms with E-state index in [1.54, 1.807) is 0 Å². The second-order valence-corrected chi connectivity index (χ2v) is 3.83. The standard InChI is InChI=1S/C13H14F3NO2/c1-2-7-19-9-12(18)8-17-11-5-3-10(4-6-11)13(14,15)16/h1,3-6,12,17-18H,7-9H2. The molecule has 0 aliphatic carbocycles. The molecule has 1 aromatic carbocycles. The van der Waals surface area contributed by atoms with Crippen molar-refractivity contribution in [3.63, 3.8) is 0 Å². The van der Waals surface area contributed by atoms with Gasteiger partial charge < -0.3 is 15.2 Å². The van der Waals surface area contributed by atoms with Gasteiger partial charge in [-0.2, -0.15) is 13.2 Å². The molecule has 0 saturated heterocycles. The van der Waals surface area contributed by atoms with Crippen LogP contribution in [0.1, 0.15) is 5.56 Å². The molecule has 0 aliphatic heterocycles. The predicted octanol–water partition coefficient (Wildman–Crippen LogP) is 2.13. The molecule has 1 aromatic rings. The minimum atomic E-state index is -4.35. The molecular weight excluding hydrogens is 259 g/mol. The Morgan fingerprint density at radius 3 is 2.47 bits per heavy atom. The van der Waals surface area contributed by atoms with Crippen LogP contribution in [-0.2, 0) is 10.9 Å². The van der Waals surface area contributed by atoms with Crippen molar-refractivity contribution in [1.29, 1.82) is 0 Å². The lowest BCUT2D eigenvalue weighted by molar-refractivity contribution is -0.137. The van der Waals surface area contributed by atoms with Crippen LogP contribution in [0.3, 0.4) is 0 Å². The van der Waals surface area contributed by atoms with Crippen LogP contribution in [0.5, 0.6) is 0 Å². The van der Waals surface area contributed by atoms with E-state index < -0.39 is 17.8 Å². The summed E-state index contributed by atoms with van der Waals surface area (Å²) in [5, 5.41) is 12.3. The highest BCUT2D eigenvalue weighted by Gasteiger charge is 2.29. The van der Waals surface area contributed by atoms with E-state index in [0.29, 0.717) is 5.69 Å². The van der Waals surface area contributed by atoms with Gasteiger partial charge in [-0.1, -0.05) is 5.92 Å². The molecule has 0 bridgehead atoms. The SMILES string of the molecule is C#CCOCC(O)CNc1ccc(C(F)(F)F)cc1. The van der Waals surface area contributed by atoms with Gasteiger partial charge in [0, 0.05) is 12.2 Å². The van der Waals surface area contributed by atoms with Crippen molar-refractivity contribution in [3.05, 3.63) is 29.8 Å². The van der Waals surface area contributed by atoms with E-state index >= 15 is 0 Å². The highest BCUT2D eigenvalue weighted by Crippen LogP contribution is 2.29. The molecule has 0 saturated carbocycles. The van der Waals surface area contributed by atoms with Crippen molar-refractivity contribution in [2.45, 2.75) is 12.3 Å². The van der Waals surface area contributed by atoms with Crippen LogP contribution in [-0.4, -0.2) is 31.0 Å². The zero-order valence-corrected chi connectivity index (χ0v) is 10.1. The van der Waals surface area contributed by atoms with E-state index in [4.69, 9.17) is 11.2 Å². The fraction of sp³-hybridized carbons (Fsp3) is 0.385. The Morgan fingerprint density at radius 1 is 1.32 bits per heavy atom. The number of aliphatic hydroxyl groups excluding tert-OH is 1. The summed E-state index contributed by atoms with van der Waals surface area (Å²) in [7, 11) is 0.